The van der Waals surface area contributed by atoms with Gasteiger partial charge in [-0.05, 0) is 141 Å². The first-order valence-electron chi connectivity index (χ1n) is 23.1. The molecule has 0 atom stereocenters. The van der Waals surface area contributed by atoms with Crippen LogP contribution >= 0.6 is 0 Å². The number of carboxylic acid groups (broad SMARTS) is 1. The first-order chi connectivity index (χ1) is 29.3. The Labute approximate surface area is 372 Å². The number of anilines is 1. The molecule has 0 saturated carbocycles. The average molecular weight is 850 g/mol. The normalized spacial score (nSPS) is 16.4. The molecule has 3 aromatic carbocycles. The number of nitrogens with zero attached hydrogens (tertiary/aromatic N) is 5. The average Bonchev–Trinajstić information content (AvgIpc) is 3.23. The molecule has 2 saturated heterocycles. The van der Waals surface area contributed by atoms with Gasteiger partial charge in [0.1, 0.15) is 0 Å². The summed E-state index contributed by atoms with van der Waals surface area (Å²) < 4.78 is 0. The smallest absolute Gasteiger partial charge is 0.335 e. The van der Waals surface area contributed by atoms with E-state index in [0.717, 1.165) is 125 Å². The predicted octanol–water partition coefficient (Wildman–Crippen LogP) is 8.62. The number of rotatable bonds is 12. The van der Waals surface area contributed by atoms with Crippen LogP contribution in [0.15, 0.2) is 54.6 Å². The molecule has 3 aliphatic heterocycles. The number of fused-ring (bicyclic) bond motifs is 1. The molecule has 0 aromatic heterocycles. The second-order valence-corrected chi connectivity index (χ2v) is 20.3. The van der Waals surface area contributed by atoms with Crippen molar-refractivity contribution < 1.29 is 24.3 Å². The van der Waals surface area contributed by atoms with Crippen LogP contribution in [0, 0.1) is 31.6 Å². The first kappa shape index (κ1) is 48.5. The maximum Gasteiger partial charge on any atom is 0.335 e. The Bertz CT molecular complexity index is 2010. The first-order valence-corrected chi connectivity index (χ1v) is 23.1. The van der Waals surface area contributed by atoms with E-state index in [1.807, 2.05) is 45.9 Å². The highest BCUT2D eigenvalue weighted by Gasteiger charge is 2.26. The number of carbonyl (C=O) groups excluding carboxylic acids is 3. The minimum Gasteiger partial charge on any atom is -0.478 e. The third kappa shape index (κ3) is 14.5. The van der Waals surface area contributed by atoms with Crippen molar-refractivity contribution >= 4 is 29.4 Å². The molecular weight excluding hydrogens is 775 g/mol. The van der Waals surface area contributed by atoms with Crippen LogP contribution < -0.4 is 4.90 Å². The van der Waals surface area contributed by atoms with E-state index >= 15 is 0 Å². The Morgan fingerprint density at radius 3 is 1.50 bits per heavy atom. The van der Waals surface area contributed by atoms with Crippen molar-refractivity contribution in [3.8, 4) is 0 Å². The summed E-state index contributed by atoms with van der Waals surface area (Å²) in [5.74, 6) is -0.414. The molecule has 2 fully saturated rings. The van der Waals surface area contributed by atoms with E-state index in [1.54, 1.807) is 12.1 Å². The molecule has 3 amide bonds. The molecule has 3 aliphatic rings. The molecule has 0 unspecified atom stereocenters. The molecule has 10 heteroatoms. The summed E-state index contributed by atoms with van der Waals surface area (Å²) in [6.45, 7) is 29.8. The van der Waals surface area contributed by atoms with Gasteiger partial charge in [0.05, 0.1) is 5.56 Å². The molecule has 3 aromatic rings. The van der Waals surface area contributed by atoms with Crippen molar-refractivity contribution in [1.82, 2.24) is 19.6 Å². The molecule has 3 heterocycles. The van der Waals surface area contributed by atoms with E-state index < -0.39 is 5.97 Å². The number of piperazine rings is 2. The number of carbonyl (C=O) groups is 4. The molecule has 0 aliphatic carbocycles. The lowest BCUT2D eigenvalue weighted by Gasteiger charge is -2.36. The van der Waals surface area contributed by atoms with Gasteiger partial charge in [-0.3, -0.25) is 24.2 Å². The lowest BCUT2D eigenvalue weighted by molar-refractivity contribution is -0.133. The number of aromatic carboxylic acids is 1. The second kappa shape index (κ2) is 21.7. The van der Waals surface area contributed by atoms with Gasteiger partial charge in [-0.25, -0.2) is 4.79 Å². The zero-order valence-corrected chi connectivity index (χ0v) is 39.4. The highest BCUT2D eigenvalue weighted by molar-refractivity contribution is 6.07. The summed E-state index contributed by atoms with van der Waals surface area (Å²) in [5.41, 5.74) is 9.48. The van der Waals surface area contributed by atoms with Gasteiger partial charge in [0.25, 0.3) is 5.91 Å². The Balaban J connectivity index is 0.000000247. The fourth-order valence-corrected chi connectivity index (χ4v) is 8.54. The van der Waals surface area contributed by atoms with Gasteiger partial charge in [-0.2, -0.15) is 0 Å². The minimum absolute atomic E-state index is 0.0647. The van der Waals surface area contributed by atoms with Gasteiger partial charge in [0.2, 0.25) is 11.8 Å². The molecule has 62 heavy (non-hydrogen) atoms. The van der Waals surface area contributed by atoms with Crippen LogP contribution in [0.2, 0.25) is 0 Å². The highest BCUT2D eigenvalue weighted by atomic mass is 16.4. The predicted molar refractivity (Wildman–Crippen MR) is 251 cm³/mol. The maximum atomic E-state index is 13.4. The van der Waals surface area contributed by atoms with E-state index in [-0.39, 0.29) is 17.7 Å². The van der Waals surface area contributed by atoms with E-state index in [2.05, 4.69) is 83.4 Å². The summed E-state index contributed by atoms with van der Waals surface area (Å²) in [4.78, 5) is 60.6. The van der Waals surface area contributed by atoms with Gasteiger partial charge < -0.3 is 19.8 Å². The Kier molecular flexibility index (Phi) is 17.0. The Hall–Kier alpha value is -4.54. The number of hydrogen-bond acceptors (Lipinski definition) is 6. The molecule has 0 bridgehead atoms. The molecule has 6 rings (SSSR count). The fraction of sp³-hybridized carbons (Fsp3) is 0.577. The lowest BCUT2D eigenvalue weighted by Crippen LogP contribution is -2.49. The van der Waals surface area contributed by atoms with E-state index in [0.29, 0.717) is 35.7 Å². The van der Waals surface area contributed by atoms with Crippen molar-refractivity contribution in [2.75, 3.05) is 76.9 Å². The highest BCUT2D eigenvalue weighted by Crippen LogP contribution is 2.30. The van der Waals surface area contributed by atoms with Crippen molar-refractivity contribution in [1.29, 1.82) is 0 Å². The fourth-order valence-electron chi connectivity index (χ4n) is 8.54. The van der Waals surface area contributed by atoms with Crippen LogP contribution in [0.5, 0.6) is 0 Å². The summed E-state index contributed by atoms with van der Waals surface area (Å²) in [6, 6.07) is 17.5. The number of carboxylic acids is 1. The summed E-state index contributed by atoms with van der Waals surface area (Å²) in [7, 11) is 0. The topological polar surface area (TPSA) is 105 Å². The summed E-state index contributed by atoms with van der Waals surface area (Å²) >= 11 is 0. The standard InChI is InChI=1S/C31H43N3O2.C21H32N2O3/c1-23-8-12-28-26(21-23)7-6-15-34(28)30(36)27-10-9-25(24(2)22-27)11-13-29(35)33-19-17-32(18-20-33)16-14-31(3,4)5;1-16-15-18(20(25)26)6-5-17(16)7-8-19(24)23-13-11-22(12-14-23)10-9-21(2,3)4/h8-10,12,21-22H,6-7,11,13-20H2,1-5H3;5-6,15H,7-14H2,1-4H3,(H,25,26). The third-order valence-electron chi connectivity index (χ3n) is 12.8. The number of hydrogen-bond donors (Lipinski definition) is 1. The van der Waals surface area contributed by atoms with Gasteiger partial charge in [-0.1, -0.05) is 71.4 Å². The van der Waals surface area contributed by atoms with Crippen LogP contribution in [0.3, 0.4) is 0 Å². The quantitative estimate of drug-likeness (QED) is 0.195. The maximum absolute atomic E-state index is 13.4. The van der Waals surface area contributed by atoms with Crippen molar-refractivity contribution in [3.05, 3.63) is 99.1 Å². The van der Waals surface area contributed by atoms with E-state index in [1.165, 1.54) is 24.0 Å². The van der Waals surface area contributed by atoms with Crippen molar-refractivity contribution in [2.45, 2.75) is 114 Å². The van der Waals surface area contributed by atoms with E-state index in [4.69, 9.17) is 5.11 Å². The zero-order chi connectivity index (χ0) is 45.2. The molecule has 0 spiro atoms. The minimum atomic E-state index is -0.917. The second-order valence-electron chi connectivity index (χ2n) is 20.3. The van der Waals surface area contributed by atoms with Crippen LogP contribution in [0.4, 0.5) is 5.69 Å². The van der Waals surface area contributed by atoms with Gasteiger partial charge in [0, 0.05) is 83.0 Å². The SMILES string of the molecule is Cc1cc(C(=O)O)ccc1CCC(=O)N1CCN(CCC(C)(C)C)CC1.Cc1ccc2c(c1)CCCN2C(=O)c1ccc(CCC(=O)N2CCN(CCC(C)(C)C)CC2)c(C)c1. The molecule has 10 nitrogen and oxygen atoms in total. The molecular formula is C52H75N5O5. The van der Waals surface area contributed by atoms with Gasteiger partial charge in [-0.15, -0.1) is 0 Å². The van der Waals surface area contributed by atoms with Crippen LogP contribution in [-0.4, -0.2) is 120 Å². The van der Waals surface area contributed by atoms with Crippen molar-refractivity contribution in [3.63, 3.8) is 0 Å². The lowest BCUT2D eigenvalue weighted by atomic mass is 9.92. The van der Waals surface area contributed by atoms with Crippen LogP contribution in [0.1, 0.15) is 128 Å². The number of benzene rings is 3. The Morgan fingerprint density at radius 1 is 0.581 bits per heavy atom. The van der Waals surface area contributed by atoms with Gasteiger partial charge in [0.15, 0.2) is 0 Å². The Morgan fingerprint density at radius 2 is 1.05 bits per heavy atom. The monoisotopic (exact) mass is 850 g/mol. The van der Waals surface area contributed by atoms with Crippen molar-refractivity contribution in [2.24, 2.45) is 10.8 Å². The number of amides is 3. The van der Waals surface area contributed by atoms with Gasteiger partial charge >= 0.3 is 5.97 Å². The molecule has 0 radical (unpaired) electrons. The largest absolute Gasteiger partial charge is 0.478 e. The van der Waals surface area contributed by atoms with Crippen LogP contribution in [0.25, 0.3) is 0 Å². The van der Waals surface area contributed by atoms with Crippen LogP contribution in [-0.2, 0) is 28.9 Å². The summed E-state index contributed by atoms with van der Waals surface area (Å²) in [5, 5.41) is 9.03. The summed E-state index contributed by atoms with van der Waals surface area (Å²) in [6.07, 6.45) is 6.76. The zero-order valence-electron chi connectivity index (χ0n) is 39.4. The third-order valence-corrected chi connectivity index (χ3v) is 12.8. The molecule has 338 valence electrons. The molecule has 1 N–H and O–H groups in total. The number of aryl methyl sites for hydroxylation is 6. The van der Waals surface area contributed by atoms with E-state index in [9.17, 15) is 19.2 Å².